The quantitative estimate of drug-likeness (QED) is 0.905. The number of carbonyl (C=O) groups excluding carboxylic acids is 2. The third-order valence-electron chi connectivity index (χ3n) is 5.48. The number of aryl methyl sites for hydroxylation is 1. The predicted molar refractivity (Wildman–Crippen MR) is 104 cm³/mol. The molecule has 2 amide bonds. The van der Waals surface area contributed by atoms with Crippen LogP contribution in [0.4, 0.5) is 5.69 Å². The van der Waals surface area contributed by atoms with Gasteiger partial charge in [-0.1, -0.05) is 17.7 Å². The summed E-state index contributed by atoms with van der Waals surface area (Å²) in [6.45, 7) is 4.34. The molecule has 6 heteroatoms. The van der Waals surface area contributed by atoms with Crippen molar-refractivity contribution in [2.75, 3.05) is 18.4 Å². The molecule has 1 aromatic heterocycles. The molecule has 3 heterocycles. The number of benzene rings is 1. The van der Waals surface area contributed by atoms with Crippen molar-refractivity contribution < 1.29 is 9.59 Å². The Hall–Kier alpha value is -2.63. The highest BCUT2D eigenvalue weighted by Gasteiger charge is 2.30. The first kappa shape index (κ1) is 17.8. The second kappa shape index (κ2) is 7.55. The van der Waals surface area contributed by atoms with E-state index in [1.54, 1.807) is 0 Å². The molecule has 0 unspecified atom stereocenters. The molecule has 142 valence electrons. The van der Waals surface area contributed by atoms with E-state index >= 15 is 0 Å². The number of imidazole rings is 1. The minimum absolute atomic E-state index is 0.0350. The van der Waals surface area contributed by atoms with E-state index in [1.165, 1.54) is 6.42 Å². The van der Waals surface area contributed by atoms with E-state index in [0.29, 0.717) is 11.5 Å². The summed E-state index contributed by atoms with van der Waals surface area (Å²) in [5, 5.41) is 2.93. The maximum Gasteiger partial charge on any atom is 0.289 e. The van der Waals surface area contributed by atoms with Gasteiger partial charge < -0.3 is 14.8 Å². The summed E-state index contributed by atoms with van der Waals surface area (Å²) < 4.78 is 1.98. The van der Waals surface area contributed by atoms with Crippen LogP contribution in [0, 0.1) is 6.92 Å². The molecule has 4 rings (SSSR count). The fourth-order valence-corrected chi connectivity index (χ4v) is 3.95. The number of rotatable bonds is 3. The van der Waals surface area contributed by atoms with Crippen LogP contribution in [0.1, 0.15) is 64.5 Å². The Bertz CT molecular complexity index is 848. The van der Waals surface area contributed by atoms with Gasteiger partial charge in [0, 0.05) is 25.3 Å². The molecule has 27 heavy (non-hydrogen) atoms. The molecule has 0 bridgehead atoms. The van der Waals surface area contributed by atoms with Gasteiger partial charge in [0.1, 0.15) is 0 Å². The number of likely N-dealkylation sites (tertiary alicyclic amines) is 1. The molecule has 6 nitrogen and oxygen atoms in total. The Morgan fingerprint density at radius 2 is 1.67 bits per heavy atom. The van der Waals surface area contributed by atoms with E-state index < -0.39 is 0 Å². The van der Waals surface area contributed by atoms with Crippen LogP contribution in [-0.2, 0) is 13.0 Å². The smallest absolute Gasteiger partial charge is 0.289 e. The van der Waals surface area contributed by atoms with Crippen molar-refractivity contribution >= 4 is 17.5 Å². The van der Waals surface area contributed by atoms with E-state index in [0.717, 1.165) is 68.7 Å². The maximum atomic E-state index is 13.0. The average Bonchev–Trinajstić information content (AvgIpc) is 3.10. The lowest BCUT2D eigenvalue weighted by molar-refractivity contribution is 0.0705. The van der Waals surface area contributed by atoms with Gasteiger partial charge in [-0.25, -0.2) is 4.98 Å². The highest BCUT2D eigenvalue weighted by atomic mass is 16.2. The Kier molecular flexibility index (Phi) is 4.97. The normalized spacial score (nSPS) is 16.7. The van der Waals surface area contributed by atoms with E-state index in [4.69, 9.17) is 0 Å². The largest absolute Gasteiger partial charge is 0.336 e. The van der Waals surface area contributed by atoms with Gasteiger partial charge in [-0.3, -0.25) is 9.59 Å². The van der Waals surface area contributed by atoms with Gasteiger partial charge in [0.05, 0.1) is 5.69 Å². The number of hydrogen-bond donors (Lipinski definition) is 1. The van der Waals surface area contributed by atoms with Gasteiger partial charge in [-0.2, -0.15) is 0 Å². The molecular formula is C21H26N4O2. The molecule has 0 atom stereocenters. The summed E-state index contributed by atoms with van der Waals surface area (Å²) in [6.07, 6.45) is 6.08. The van der Waals surface area contributed by atoms with Crippen molar-refractivity contribution in [2.24, 2.45) is 0 Å². The molecule has 1 aromatic carbocycles. The van der Waals surface area contributed by atoms with E-state index in [2.05, 4.69) is 10.3 Å². The number of nitrogens with one attached hydrogen (secondary N) is 1. The molecule has 2 aliphatic heterocycles. The zero-order chi connectivity index (χ0) is 18.8. The predicted octanol–water partition coefficient (Wildman–Crippen LogP) is 3.41. The molecule has 0 spiro atoms. The number of piperidine rings is 1. The Balaban J connectivity index is 1.62. The first-order valence-corrected chi connectivity index (χ1v) is 9.90. The minimum atomic E-state index is -0.234. The van der Waals surface area contributed by atoms with Crippen LogP contribution in [-0.4, -0.2) is 39.4 Å². The topological polar surface area (TPSA) is 67.2 Å². The second-order valence-corrected chi connectivity index (χ2v) is 7.51. The number of fused-ring (bicyclic) bond motifs is 1. The molecule has 1 fully saturated rings. The number of aromatic nitrogens is 2. The van der Waals surface area contributed by atoms with Gasteiger partial charge in [-0.15, -0.1) is 0 Å². The van der Waals surface area contributed by atoms with Crippen molar-refractivity contribution in [3.8, 4) is 0 Å². The summed E-state index contributed by atoms with van der Waals surface area (Å²) in [5.41, 5.74) is 3.18. The van der Waals surface area contributed by atoms with E-state index in [1.807, 2.05) is 40.7 Å². The third kappa shape index (κ3) is 3.61. The van der Waals surface area contributed by atoms with Gasteiger partial charge in [0.15, 0.2) is 11.5 Å². The summed E-state index contributed by atoms with van der Waals surface area (Å²) in [7, 11) is 0. The Morgan fingerprint density at radius 3 is 2.41 bits per heavy atom. The van der Waals surface area contributed by atoms with Gasteiger partial charge in [0.25, 0.3) is 11.8 Å². The van der Waals surface area contributed by atoms with Crippen LogP contribution in [0.2, 0.25) is 0 Å². The van der Waals surface area contributed by atoms with Crippen LogP contribution >= 0.6 is 0 Å². The third-order valence-corrected chi connectivity index (χ3v) is 5.48. The highest BCUT2D eigenvalue weighted by Crippen LogP contribution is 2.24. The van der Waals surface area contributed by atoms with Crippen molar-refractivity contribution in [1.82, 2.24) is 14.5 Å². The van der Waals surface area contributed by atoms with Crippen LogP contribution < -0.4 is 5.32 Å². The SMILES string of the molecule is Cc1ccc(NC(=O)c2nc(C(=O)N3CCCCC3)n3c2CCCC3)cc1. The van der Waals surface area contributed by atoms with Crippen molar-refractivity contribution in [1.29, 1.82) is 0 Å². The molecule has 1 saturated heterocycles. The van der Waals surface area contributed by atoms with Crippen LogP contribution in [0.5, 0.6) is 0 Å². The lowest BCUT2D eigenvalue weighted by Gasteiger charge is -2.27. The maximum absolute atomic E-state index is 13.0. The summed E-state index contributed by atoms with van der Waals surface area (Å²) >= 11 is 0. The zero-order valence-corrected chi connectivity index (χ0v) is 15.8. The molecular weight excluding hydrogens is 340 g/mol. The monoisotopic (exact) mass is 366 g/mol. The summed E-state index contributed by atoms with van der Waals surface area (Å²) in [6, 6.07) is 7.69. The number of amides is 2. The Labute approximate surface area is 159 Å². The van der Waals surface area contributed by atoms with E-state index in [-0.39, 0.29) is 11.8 Å². The lowest BCUT2D eigenvalue weighted by Crippen LogP contribution is -2.37. The summed E-state index contributed by atoms with van der Waals surface area (Å²) in [4.78, 5) is 32.3. The molecule has 2 aromatic rings. The zero-order valence-electron chi connectivity index (χ0n) is 15.8. The highest BCUT2D eigenvalue weighted by molar-refractivity contribution is 6.05. The van der Waals surface area contributed by atoms with Crippen molar-refractivity contribution in [3.05, 3.63) is 47.0 Å². The molecule has 2 aliphatic rings. The van der Waals surface area contributed by atoms with Crippen LogP contribution in [0.15, 0.2) is 24.3 Å². The summed E-state index contributed by atoms with van der Waals surface area (Å²) in [5.74, 6) is 0.162. The molecule has 0 radical (unpaired) electrons. The number of hydrogen-bond acceptors (Lipinski definition) is 3. The van der Waals surface area contributed by atoms with Crippen LogP contribution in [0.3, 0.4) is 0 Å². The first-order chi connectivity index (χ1) is 13.1. The van der Waals surface area contributed by atoms with Gasteiger partial charge in [-0.05, 0) is 57.6 Å². The molecule has 0 saturated carbocycles. The number of carbonyl (C=O) groups is 2. The standard InChI is InChI=1S/C21H26N4O2/c1-15-8-10-16(11-9-15)22-20(26)18-17-7-3-6-14-25(17)19(23-18)21(27)24-12-4-2-5-13-24/h8-11H,2-7,12-14H2,1H3,(H,22,26). The van der Waals surface area contributed by atoms with Crippen LogP contribution in [0.25, 0.3) is 0 Å². The van der Waals surface area contributed by atoms with E-state index in [9.17, 15) is 9.59 Å². The lowest BCUT2D eigenvalue weighted by atomic mass is 10.1. The fourth-order valence-electron chi connectivity index (χ4n) is 3.95. The van der Waals surface area contributed by atoms with Gasteiger partial charge >= 0.3 is 0 Å². The number of nitrogens with zero attached hydrogens (tertiary/aromatic N) is 3. The average molecular weight is 366 g/mol. The molecule has 1 N–H and O–H groups in total. The van der Waals surface area contributed by atoms with Gasteiger partial charge in [0.2, 0.25) is 0 Å². The van der Waals surface area contributed by atoms with Crippen molar-refractivity contribution in [3.63, 3.8) is 0 Å². The first-order valence-electron chi connectivity index (χ1n) is 9.90. The number of anilines is 1. The Morgan fingerprint density at radius 1 is 0.963 bits per heavy atom. The second-order valence-electron chi connectivity index (χ2n) is 7.51. The molecule has 0 aliphatic carbocycles. The minimum Gasteiger partial charge on any atom is -0.336 e. The fraction of sp³-hybridized carbons (Fsp3) is 0.476. The van der Waals surface area contributed by atoms with Crippen molar-refractivity contribution in [2.45, 2.75) is 52.0 Å².